The van der Waals surface area contributed by atoms with Gasteiger partial charge in [-0.2, -0.15) is 0 Å². The summed E-state index contributed by atoms with van der Waals surface area (Å²) in [6.07, 6.45) is 0. The van der Waals surface area contributed by atoms with Gasteiger partial charge in [-0.25, -0.2) is 0 Å². The quantitative estimate of drug-likeness (QED) is 0.790. The zero-order chi connectivity index (χ0) is 15.9. The Bertz CT molecular complexity index is 623. The number of benzene rings is 2. The van der Waals surface area contributed by atoms with Gasteiger partial charge in [0.1, 0.15) is 5.75 Å². The summed E-state index contributed by atoms with van der Waals surface area (Å²) in [7, 11) is 1.58. The molecule has 0 heterocycles. The summed E-state index contributed by atoms with van der Waals surface area (Å²) in [5.41, 5.74) is 3.05. The van der Waals surface area contributed by atoms with Crippen molar-refractivity contribution in [2.45, 2.75) is 26.3 Å². The van der Waals surface area contributed by atoms with Crippen LogP contribution < -0.4 is 10.1 Å². The number of rotatable bonds is 7. The number of nitrogens with one attached hydrogen (secondary N) is 1. The summed E-state index contributed by atoms with van der Waals surface area (Å²) >= 11 is 0. The maximum absolute atomic E-state index is 11.6. The lowest BCUT2D eigenvalue weighted by atomic mass is 10.0. The highest BCUT2D eigenvalue weighted by atomic mass is 16.5. The zero-order valence-corrected chi connectivity index (χ0v) is 13.4. The van der Waals surface area contributed by atoms with Crippen molar-refractivity contribution in [3.63, 3.8) is 0 Å². The fraction of sp³-hybridized carbons (Fsp3) is 0.316. The predicted molar refractivity (Wildman–Crippen MR) is 89.6 cm³/mol. The average Bonchev–Trinajstić information content (AvgIpc) is 2.55. The first kappa shape index (κ1) is 16.2. The molecule has 1 atom stereocenters. The molecular formula is C19H23NO2. The van der Waals surface area contributed by atoms with Gasteiger partial charge in [-0.1, -0.05) is 43.3 Å². The van der Waals surface area contributed by atoms with E-state index in [4.69, 9.17) is 4.74 Å². The van der Waals surface area contributed by atoms with Crippen molar-refractivity contribution in [1.82, 2.24) is 5.32 Å². The minimum atomic E-state index is 0.0244. The monoisotopic (exact) mass is 297 g/mol. The molecule has 0 aliphatic rings. The number of ketones is 1. The van der Waals surface area contributed by atoms with Gasteiger partial charge in [0.25, 0.3) is 0 Å². The van der Waals surface area contributed by atoms with Gasteiger partial charge in [0.2, 0.25) is 0 Å². The number of methoxy groups -OCH3 is 1. The van der Waals surface area contributed by atoms with Gasteiger partial charge in [-0.05, 0) is 36.1 Å². The van der Waals surface area contributed by atoms with E-state index >= 15 is 0 Å². The molecule has 2 aromatic rings. The van der Waals surface area contributed by atoms with Gasteiger partial charge in [0.15, 0.2) is 5.78 Å². The first-order valence-corrected chi connectivity index (χ1v) is 7.55. The van der Waals surface area contributed by atoms with Crippen LogP contribution in [0.2, 0.25) is 0 Å². The van der Waals surface area contributed by atoms with Crippen molar-refractivity contribution < 1.29 is 9.53 Å². The molecule has 2 aromatic carbocycles. The molecule has 0 saturated carbocycles. The zero-order valence-electron chi connectivity index (χ0n) is 13.4. The summed E-state index contributed by atoms with van der Waals surface area (Å²) in [4.78, 5) is 11.6. The normalized spacial score (nSPS) is 12.0. The van der Waals surface area contributed by atoms with Crippen LogP contribution in [-0.4, -0.2) is 19.4 Å². The summed E-state index contributed by atoms with van der Waals surface area (Å²) in [6, 6.07) is 16.2. The molecule has 1 N–H and O–H groups in total. The standard InChI is InChI=1S/C19H23NO2/c1-14(17-7-5-4-6-8-17)12-20-13-16-9-10-19(22-3)18(11-16)15(2)21/h4-11,14,20H,12-13H2,1-3H3/t14-/m0/s1. The fourth-order valence-corrected chi connectivity index (χ4v) is 2.47. The first-order chi connectivity index (χ1) is 10.6. The van der Waals surface area contributed by atoms with E-state index in [0.29, 0.717) is 17.2 Å². The van der Waals surface area contributed by atoms with E-state index in [1.165, 1.54) is 5.56 Å². The van der Waals surface area contributed by atoms with Crippen LogP contribution in [-0.2, 0) is 6.54 Å². The molecule has 0 radical (unpaired) electrons. The summed E-state index contributed by atoms with van der Waals surface area (Å²) < 4.78 is 5.22. The second-order valence-electron chi connectivity index (χ2n) is 5.53. The summed E-state index contributed by atoms with van der Waals surface area (Å²) in [5.74, 6) is 1.11. The van der Waals surface area contributed by atoms with Gasteiger partial charge in [-0.3, -0.25) is 4.79 Å². The third kappa shape index (κ3) is 4.18. The van der Waals surface area contributed by atoms with Crippen LogP contribution in [0.5, 0.6) is 5.75 Å². The Hall–Kier alpha value is -2.13. The maximum Gasteiger partial charge on any atom is 0.163 e. The molecule has 0 unspecified atom stereocenters. The number of Topliss-reactive ketones (excluding diaryl/α,β-unsaturated/α-hetero) is 1. The minimum absolute atomic E-state index is 0.0244. The second kappa shape index (κ2) is 7.76. The Morgan fingerprint density at radius 1 is 1.18 bits per heavy atom. The van der Waals surface area contributed by atoms with Gasteiger partial charge < -0.3 is 10.1 Å². The van der Waals surface area contributed by atoms with Crippen LogP contribution in [0.3, 0.4) is 0 Å². The van der Waals surface area contributed by atoms with Crippen molar-refractivity contribution in [3.05, 3.63) is 65.2 Å². The SMILES string of the molecule is COc1ccc(CNC[C@H](C)c2ccccc2)cc1C(C)=O. The number of ether oxygens (including phenoxy) is 1. The van der Waals surface area contributed by atoms with Gasteiger partial charge in [-0.15, -0.1) is 0 Å². The van der Waals surface area contributed by atoms with Crippen molar-refractivity contribution in [2.75, 3.05) is 13.7 Å². The van der Waals surface area contributed by atoms with Gasteiger partial charge in [0.05, 0.1) is 12.7 Å². The third-order valence-electron chi connectivity index (χ3n) is 3.79. The summed E-state index contributed by atoms with van der Waals surface area (Å²) in [5, 5.41) is 3.45. The largest absolute Gasteiger partial charge is 0.496 e. The molecule has 0 spiro atoms. The molecular weight excluding hydrogens is 274 g/mol. The van der Waals surface area contributed by atoms with Crippen LogP contribution in [0.1, 0.15) is 41.3 Å². The molecule has 0 amide bonds. The molecule has 116 valence electrons. The predicted octanol–water partition coefficient (Wildman–Crippen LogP) is 3.79. The number of hydrogen-bond donors (Lipinski definition) is 1. The van der Waals surface area contributed by atoms with E-state index in [2.05, 4.69) is 36.5 Å². The van der Waals surface area contributed by atoms with Crippen LogP contribution >= 0.6 is 0 Å². The Morgan fingerprint density at radius 3 is 2.55 bits per heavy atom. The lowest BCUT2D eigenvalue weighted by molar-refractivity contribution is 0.101. The molecule has 3 heteroatoms. The van der Waals surface area contributed by atoms with Gasteiger partial charge >= 0.3 is 0 Å². The molecule has 2 rings (SSSR count). The smallest absolute Gasteiger partial charge is 0.163 e. The van der Waals surface area contributed by atoms with E-state index in [-0.39, 0.29) is 5.78 Å². The number of carbonyl (C=O) groups is 1. The Morgan fingerprint density at radius 2 is 1.91 bits per heavy atom. The van der Waals surface area contributed by atoms with E-state index in [1.807, 2.05) is 24.3 Å². The average molecular weight is 297 g/mol. The van der Waals surface area contributed by atoms with Crippen molar-refractivity contribution in [2.24, 2.45) is 0 Å². The van der Waals surface area contributed by atoms with E-state index in [1.54, 1.807) is 14.0 Å². The molecule has 0 aliphatic carbocycles. The van der Waals surface area contributed by atoms with Crippen molar-refractivity contribution in [3.8, 4) is 5.75 Å². The van der Waals surface area contributed by atoms with Crippen LogP contribution in [0, 0.1) is 0 Å². The molecule has 0 saturated heterocycles. The summed E-state index contributed by atoms with van der Waals surface area (Å²) in [6.45, 7) is 5.40. The van der Waals surface area contributed by atoms with Crippen LogP contribution in [0.4, 0.5) is 0 Å². The minimum Gasteiger partial charge on any atom is -0.496 e. The lowest BCUT2D eigenvalue weighted by Crippen LogP contribution is -2.19. The maximum atomic E-state index is 11.6. The van der Waals surface area contributed by atoms with Crippen molar-refractivity contribution >= 4 is 5.78 Å². The second-order valence-corrected chi connectivity index (χ2v) is 5.53. The Kier molecular flexibility index (Phi) is 5.73. The van der Waals surface area contributed by atoms with E-state index in [9.17, 15) is 4.79 Å². The first-order valence-electron chi connectivity index (χ1n) is 7.55. The molecule has 0 aromatic heterocycles. The van der Waals surface area contributed by atoms with Crippen LogP contribution in [0.15, 0.2) is 48.5 Å². The number of hydrogen-bond acceptors (Lipinski definition) is 3. The van der Waals surface area contributed by atoms with Crippen molar-refractivity contribution in [1.29, 1.82) is 0 Å². The molecule has 3 nitrogen and oxygen atoms in total. The van der Waals surface area contributed by atoms with E-state index < -0.39 is 0 Å². The fourth-order valence-electron chi connectivity index (χ4n) is 2.47. The Balaban J connectivity index is 1.94. The highest BCUT2D eigenvalue weighted by Gasteiger charge is 2.09. The number of carbonyl (C=O) groups excluding carboxylic acids is 1. The highest BCUT2D eigenvalue weighted by Crippen LogP contribution is 2.20. The molecule has 0 bridgehead atoms. The molecule has 0 fully saturated rings. The highest BCUT2D eigenvalue weighted by molar-refractivity contribution is 5.97. The molecule has 22 heavy (non-hydrogen) atoms. The third-order valence-corrected chi connectivity index (χ3v) is 3.79. The lowest BCUT2D eigenvalue weighted by Gasteiger charge is -2.14. The van der Waals surface area contributed by atoms with Gasteiger partial charge in [0, 0.05) is 13.1 Å². The molecule has 0 aliphatic heterocycles. The van der Waals surface area contributed by atoms with E-state index in [0.717, 1.165) is 18.7 Å². The topological polar surface area (TPSA) is 38.3 Å². The van der Waals surface area contributed by atoms with Crippen LogP contribution in [0.25, 0.3) is 0 Å². The Labute approximate surface area is 132 Å².